The Morgan fingerprint density at radius 1 is 0.949 bits per heavy atom. The molecule has 0 aromatic heterocycles. The van der Waals surface area contributed by atoms with Crippen LogP contribution in [0.5, 0.6) is 11.5 Å². The van der Waals surface area contributed by atoms with E-state index in [0.717, 1.165) is 27.3 Å². The highest BCUT2D eigenvalue weighted by molar-refractivity contribution is 7.92. The molecule has 2 amide bonds. The molecule has 39 heavy (non-hydrogen) atoms. The summed E-state index contributed by atoms with van der Waals surface area (Å²) < 4.78 is 37.2. The first-order chi connectivity index (χ1) is 18.5. The third-order valence-corrected chi connectivity index (χ3v) is 7.49. The van der Waals surface area contributed by atoms with E-state index in [-0.39, 0.29) is 17.2 Å². The molecule has 208 valence electrons. The zero-order valence-corrected chi connectivity index (χ0v) is 23.9. The van der Waals surface area contributed by atoms with Gasteiger partial charge in [-0.05, 0) is 74.2 Å². The van der Waals surface area contributed by atoms with Gasteiger partial charge in [0.15, 0.2) is 11.5 Å². The van der Waals surface area contributed by atoms with E-state index in [4.69, 9.17) is 9.47 Å². The molecule has 0 saturated carbocycles. The second kappa shape index (κ2) is 12.7. The molecule has 1 atom stereocenters. The molecule has 0 saturated heterocycles. The molecule has 0 aliphatic rings. The predicted octanol–water partition coefficient (Wildman–Crippen LogP) is 4.09. The minimum Gasteiger partial charge on any atom is -0.493 e. The number of para-hydroxylation sites is 1. The van der Waals surface area contributed by atoms with Crippen LogP contribution in [-0.4, -0.2) is 53.3 Å². The lowest BCUT2D eigenvalue weighted by atomic mass is 10.1. The van der Waals surface area contributed by atoms with E-state index in [1.54, 1.807) is 57.5 Å². The SMILES string of the molecule is COc1ccc(CCNC(=O)c2ccccc2NC(=O)[C@H](C)N(c2cc(C)ccc2C)S(C)(=O)=O)cc1OC. The Morgan fingerprint density at radius 3 is 2.31 bits per heavy atom. The third-order valence-electron chi connectivity index (χ3n) is 6.27. The molecule has 9 nitrogen and oxygen atoms in total. The van der Waals surface area contributed by atoms with Crippen molar-refractivity contribution < 1.29 is 27.5 Å². The van der Waals surface area contributed by atoms with Gasteiger partial charge in [-0.2, -0.15) is 0 Å². The van der Waals surface area contributed by atoms with Gasteiger partial charge in [0.05, 0.1) is 37.4 Å². The first-order valence-corrected chi connectivity index (χ1v) is 14.3. The van der Waals surface area contributed by atoms with Crippen LogP contribution in [0, 0.1) is 13.8 Å². The summed E-state index contributed by atoms with van der Waals surface area (Å²) in [5, 5.41) is 5.62. The Hall–Kier alpha value is -4.05. The van der Waals surface area contributed by atoms with E-state index >= 15 is 0 Å². The average molecular weight is 554 g/mol. The summed E-state index contributed by atoms with van der Waals surface area (Å²) in [7, 11) is -0.663. The van der Waals surface area contributed by atoms with Crippen molar-refractivity contribution in [3.05, 3.63) is 82.9 Å². The molecule has 0 radical (unpaired) electrons. The number of carbonyl (C=O) groups is 2. The highest BCUT2D eigenvalue weighted by Crippen LogP contribution is 2.28. The number of hydrogen-bond acceptors (Lipinski definition) is 6. The summed E-state index contributed by atoms with van der Waals surface area (Å²) in [5.41, 5.74) is 3.53. The fourth-order valence-electron chi connectivity index (χ4n) is 4.22. The highest BCUT2D eigenvalue weighted by Gasteiger charge is 2.31. The fourth-order valence-corrected chi connectivity index (χ4v) is 5.44. The molecule has 0 heterocycles. The topological polar surface area (TPSA) is 114 Å². The van der Waals surface area contributed by atoms with Crippen molar-refractivity contribution >= 4 is 33.2 Å². The van der Waals surface area contributed by atoms with Crippen LogP contribution in [0.2, 0.25) is 0 Å². The van der Waals surface area contributed by atoms with Crippen molar-refractivity contribution in [2.75, 3.05) is 36.6 Å². The predicted molar refractivity (Wildman–Crippen MR) is 153 cm³/mol. The first-order valence-electron chi connectivity index (χ1n) is 12.4. The molecule has 0 unspecified atom stereocenters. The van der Waals surface area contributed by atoms with Crippen molar-refractivity contribution in [2.45, 2.75) is 33.2 Å². The van der Waals surface area contributed by atoms with Crippen LogP contribution in [-0.2, 0) is 21.2 Å². The summed E-state index contributed by atoms with van der Waals surface area (Å²) in [5.74, 6) is 0.295. The number of nitrogens with one attached hydrogen (secondary N) is 2. The van der Waals surface area contributed by atoms with Crippen LogP contribution in [0.1, 0.15) is 34.0 Å². The van der Waals surface area contributed by atoms with Gasteiger partial charge in [0, 0.05) is 6.54 Å². The normalized spacial score (nSPS) is 11.8. The van der Waals surface area contributed by atoms with Crippen LogP contribution < -0.4 is 24.4 Å². The van der Waals surface area contributed by atoms with Crippen LogP contribution in [0.4, 0.5) is 11.4 Å². The Bertz CT molecular complexity index is 1460. The van der Waals surface area contributed by atoms with Gasteiger partial charge < -0.3 is 20.1 Å². The third kappa shape index (κ3) is 7.29. The summed E-state index contributed by atoms with van der Waals surface area (Å²) in [6.07, 6.45) is 1.62. The molecular formula is C29H35N3O6S. The smallest absolute Gasteiger partial charge is 0.253 e. The van der Waals surface area contributed by atoms with Gasteiger partial charge in [0.2, 0.25) is 15.9 Å². The van der Waals surface area contributed by atoms with Crippen LogP contribution >= 0.6 is 0 Å². The van der Waals surface area contributed by atoms with E-state index in [1.165, 1.54) is 6.92 Å². The lowest BCUT2D eigenvalue weighted by Gasteiger charge is -2.30. The average Bonchev–Trinajstić information content (AvgIpc) is 2.90. The second-order valence-corrected chi connectivity index (χ2v) is 11.1. The number of sulfonamides is 1. The lowest BCUT2D eigenvalue weighted by molar-refractivity contribution is -0.116. The molecule has 0 aliphatic heterocycles. The van der Waals surface area contributed by atoms with E-state index in [9.17, 15) is 18.0 Å². The van der Waals surface area contributed by atoms with E-state index in [2.05, 4.69) is 10.6 Å². The fraction of sp³-hybridized carbons (Fsp3) is 0.310. The number of benzene rings is 3. The standard InChI is InChI=1S/C29H35N3O6S/c1-19-11-12-20(2)25(17-19)32(39(6,35)36)21(3)28(33)31-24-10-8-7-9-23(24)29(34)30-16-15-22-13-14-26(37-4)27(18-22)38-5/h7-14,17-18,21H,15-16H2,1-6H3,(H,30,34)(H,31,33)/t21-/m0/s1. The van der Waals surface area contributed by atoms with Crippen molar-refractivity contribution in [2.24, 2.45) is 0 Å². The van der Waals surface area contributed by atoms with E-state index in [1.807, 2.05) is 31.2 Å². The molecule has 10 heteroatoms. The maximum Gasteiger partial charge on any atom is 0.253 e. The Labute approximate surface area is 230 Å². The Balaban J connectivity index is 1.74. The molecule has 3 rings (SSSR count). The number of anilines is 2. The summed E-state index contributed by atoms with van der Waals surface area (Å²) >= 11 is 0. The Morgan fingerprint density at radius 2 is 1.64 bits per heavy atom. The summed E-state index contributed by atoms with van der Waals surface area (Å²) in [4.78, 5) is 26.3. The molecule has 2 N–H and O–H groups in total. The van der Waals surface area contributed by atoms with Crippen LogP contribution in [0.15, 0.2) is 60.7 Å². The number of rotatable bonds is 11. The van der Waals surface area contributed by atoms with E-state index in [0.29, 0.717) is 30.2 Å². The van der Waals surface area contributed by atoms with Crippen molar-refractivity contribution in [3.63, 3.8) is 0 Å². The maximum atomic E-state index is 13.3. The second-order valence-electron chi connectivity index (χ2n) is 9.25. The molecule has 3 aromatic rings. The minimum atomic E-state index is -3.79. The van der Waals surface area contributed by atoms with Crippen LogP contribution in [0.25, 0.3) is 0 Å². The van der Waals surface area contributed by atoms with E-state index < -0.39 is 22.0 Å². The van der Waals surface area contributed by atoms with Gasteiger partial charge >= 0.3 is 0 Å². The Kier molecular flexibility index (Phi) is 9.58. The number of methoxy groups -OCH3 is 2. The number of ether oxygens (including phenoxy) is 2. The maximum absolute atomic E-state index is 13.3. The van der Waals surface area contributed by atoms with Gasteiger partial charge in [-0.3, -0.25) is 13.9 Å². The first kappa shape index (κ1) is 29.5. The monoisotopic (exact) mass is 553 g/mol. The van der Waals surface area contributed by atoms with Crippen molar-refractivity contribution in [1.29, 1.82) is 0 Å². The quantitative estimate of drug-likeness (QED) is 0.370. The highest BCUT2D eigenvalue weighted by atomic mass is 32.2. The largest absolute Gasteiger partial charge is 0.493 e. The van der Waals surface area contributed by atoms with Gasteiger partial charge in [0.1, 0.15) is 6.04 Å². The zero-order valence-electron chi connectivity index (χ0n) is 23.1. The van der Waals surface area contributed by atoms with Crippen LogP contribution in [0.3, 0.4) is 0 Å². The number of hydrogen-bond donors (Lipinski definition) is 2. The van der Waals surface area contributed by atoms with Crippen molar-refractivity contribution in [1.82, 2.24) is 5.32 Å². The van der Waals surface area contributed by atoms with Gasteiger partial charge in [-0.25, -0.2) is 8.42 Å². The summed E-state index contributed by atoms with van der Waals surface area (Å²) in [6, 6.07) is 16.5. The molecular weight excluding hydrogens is 518 g/mol. The van der Waals surface area contributed by atoms with Crippen molar-refractivity contribution in [3.8, 4) is 11.5 Å². The number of amides is 2. The minimum absolute atomic E-state index is 0.267. The summed E-state index contributed by atoms with van der Waals surface area (Å²) in [6.45, 7) is 5.51. The number of nitrogens with zero attached hydrogens (tertiary/aromatic N) is 1. The lowest BCUT2D eigenvalue weighted by Crippen LogP contribution is -2.46. The molecule has 0 aliphatic carbocycles. The van der Waals surface area contributed by atoms with Gasteiger partial charge in [-0.1, -0.05) is 30.3 Å². The van der Waals surface area contributed by atoms with Gasteiger partial charge in [0.25, 0.3) is 5.91 Å². The molecule has 3 aromatic carbocycles. The molecule has 0 bridgehead atoms. The van der Waals surface area contributed by atoms with Gasteiger partial charge in [-0.15, -0.1) is 0 Å². The molecule has 0 spiro atoms. The number of carbonyl (C=O) groups excluding carboxylic acids is 2. The molecule has 0 fully saturated rings. The zero-order chi connectivity index (χ0) is 28.7. The number of aryl methyl sites for hydroxylation is 2.